The van der Waals surface area contributed by atoms with Crippen molar-refractivity contribution in [3.8, 4) is 0 Å². The molecule has 2 aliphatic rings. The fraction of sp³-hybridized carbons (Fsp3) is 0.929. The number of ether oxygens (including phenoxy) is 1. The summed E-state index contributed by atoms with van der Waals surface area (Å²) in [6.45, 7) is 9.05. The topological polar surface area (TPSA) is 53.0 Å². The van der Waals surface area contributed by atoms with E-state index in [9.17, 15) is 9.90 Å². The van der Waals surface area contributed by atoms with Gasteiger partial charge in [-0.05, 0) is 26.7 Å². The van der Waals surface area contributed by atoms with Gasteiger partial charge in [-0.1, -0.05) is 0 Å². The molecule has 2 aliphatic heterocycles. The fourth-order valence-electron chi connectivity index (χ4n) is 2.88. The number of amides is 1. The maximum atomic E-state index is 12.3. The minimum absolute atomic E-state index is 0.162. The predicted octanol–water partition coefficient (Wildman–Crippen LogP) is 0.328. The number of piperazine rings is 1. The summed E-state index contributed by atoms with van der Waals surface area (Å²) in [5.74, 6) is 0.459. The lowest BCUT2D eigenvalue weighted by Crippen LogP contribution is -2.53. The van der Waals surface area contributed by atoms with E-state index in [4.69, 9.17) is 4.74 Å². The highest BCUT2D eigenvalue weighted by Gasteiger charge is 2.29. The summed E-state index contributed by atoms with van der Waals surface area (Å²) in [5.41, 5.74) is -0.660. The van der Waals surface area contributed by atoms with Crippen LogP contribution in [-0.4, -0.2) is 72.4 Å². The average Bonchev–Trinajstić information content (AvgIpc) is 2.38. The molecule has 2 rings (SSSR count). The van der Waals surface area contributed by atoms with E-state index in [-0.39, 0.29) is 5.92 Å². The largest absolute Gasteiger partial charge is 0.389 e. The average molecular weight is 270 g/mol. The highest BCUT2D eigenvalue weighted by molar-refractivity contribution is 5.79. The smallest absolute Gasteiger partial charge is 0.225 e. The Morgan fingerprint density at radius 2 is 1.79 bits per heavy atom. The number of nitrogens with zero attached hydrogens (tertiary/aromatic N) is 2. The predicted molar refractivity (Wildman–Crippen MR) is 72.9 cm³/mol. The van der Waals surface area contributed by atoms with Crippen molar-refractivity contribution < 1.29 is 14.6 Å². The first-order valence-corrected chi connectivity index (χ1v) is 7.27. The van der Waals surface area contributed by atoms with Crippen molar-refractivity contribution in [3.63, 3.8) is 0 Å². The summed E-state index contributed by atoms with van der Waals surface area (Å²) >= 11 is 0. The Labute approximate surface area is 115 Å². The highest BCUT2D eigenvalue weighted by Crippen LogP contribution is 2.19. The molecule has 2 saturated heterocycles. The summed E-state index contributed by atoms with van der Waals surface area (Å²) in [6, 6.07) is 0. The van der Waals surface area contributed by atoms with Crippen LogP contribution in [0, 0.1) is 5.92 Å². The molecule has 1 N–H and O–H groups in total. The van der Waals surface area contributed by atoms with Gasteiger partial charge >= 0.3 is 0 Å². The number of carbonyl (C=O) groups excluding carboxylic acids is 1. The minimum atomic E-state index is -0.660. The molecule has 19 heavy (non-hydrogen) atoms. The van der Waals surface area contributed by atoms with E-state index < -0.39 is 5.60 Å². The molecule has 0 aromatic heterocycles. The van der Waals surface area contributed by atoms with Crippen molar-refractivity contribution in [3.05, 3.63) is 0 Å². The Balaban J connectivity index is 1.77. The second-order valence-electron chi connectivity index (χ2n) is 6.30. The zero-order valence-corrected chi connectivity index (χ0v) is 12.1. The lowest BCUT2D eigenvalue weighted by molar-refractivity contribution is -0.140. The summed E-state index contributed by atoms with van der Waals surface area (Å²) in [4.78, 5) is 16.6. The van der Waals surface area contributed by atoms with Gasteiger partial charge in [-0.25, -0.2) is 0 Å². The molecule has 0 bridgehead atoms. The van der Waals surface area contributed by atoms with Gasteiger partial charge in [0.2, 0.25) is 5.91 Å². The van der Waals surface area contributed by atoms with Gasteiger partial charge in [0.25, 0.3) is 0 Å². The quantitative estimate of drug-likeness (QED) is 0.803. The van der Waals surface area contributed by atoms with Crippen LogP contribution in [0.3, 0.4) is 0 Å². The first-order valence-electron chi connectivity index (χ1n) is 7.27. The number of β-amino-alcohol motifs (C(OH)–C–C–N with tert-alkyl or cyclic N) is 1. The second kappa shape index (κ2) is 6.20. The van der Waals surface area contributed by atoms with E-state index in [2.05, 4.69) is 4.90 Å². The van der Waals surface area contributed by atoms with Gasteiger partial charge in [0, 0.05) is 51.9 Å². The van der Waals surface area contributed by atoms with Crippen LogP contribution in [0.5, 0.6) is 0 Å². The normalized spacial score (nSPS) is 23.6. The van der Waals surface area contributed by atoms with Crippen molar-refractivity contribution in [2.75, 3.05) is 45.9 Å². The van der Waals surface area contributed by atoms with E-state index in [1.165, 1.54) is 0 Å². The Kier molecular flexibility index (Phi) is 4.81. The van der Waals surface area contributed by atoms with E-state index >= 15 is 0 Å². The Morgan fingerprint density at radius 3 is 2.32 bits per heavy atom. The molecular weight excluding hydrogens is 244 g/mol. The minimum Gasteiger partial charge on any atom is -0.389 e. The third kappa shape index (κ3) is 4.44. The third-order valence-corrected chi connectivity index (χ3v) is 3.87. The monoisotopic (exact) mass is 270 g/mol. The first-order chi connectivity index (χ1) is 8.96. The molecule has 0 spiro atoms. The van der Waals surface area contributed by atoms with E-state index in [0.29, 0.717) is 12.5 Å². The molecule has 0 saturated carbocycles. The number of carbonyl (C=O) groups is 1. The maximum absolute atomic E-state index is 12.3. The molecule has 0 aliphatic carbocycles. The van der Waals surface area contributed by atoms with E-state index in [0.717, 1.165) is 52.2 Å². The molecule has 5 nitrogen and oxygen atoms in total. The molecule has 0 unspecified atom stereocenters. The van der Waals surface area contributed by atoms with Crippen LogP contribution in [-0.2, 0) is 9.53 Å². The van der Waals surface area contributed by atoms with Gasteiger partial charge in [0.05, 0.1) is 5.60 Å². The number of aliphatic hydroxyl groups is 1. The van der Waals surface area contributed by atoms with Crippen molar-refractivity contribution in [1.29, 1.82) is 0 Å². The zero-order valence-electron chi connectivity index (χ0n) is 12.1. The Morgan fingerprint density at radius 1 is 1.21 bits per heavy atom. The number of hydrogen-bond acceptors (Lipinski definition) is 4. The molecule has 0 radical (unpaired) electrons. The Bertz CT molecular complexity index is 300. The lowest BCUT2D eigenvalue weighted by atomic mass is 9.98. The molecule has 2 fully saturated rings. The molecule has 0 aromatic rings. The standard InChI is InChI=1S/C14H26N2O3/c1-14(2,18)11-15-5-7-16(8-6-15)13(17)12-3-9-19-10-4-12/h12,18H,3-11H2,1-2H3. The molecule has 110 valence electrons. The first kappa shape index (κ1) is 14.8. The molecule has 0 atom stereocenters. The van der Waals surface area contributed by atoms with Crippen LogP contribution in [0.15, 0.2) is 0 Å². The molecular formula is C14H26N2O3. The van der Waals surface area contributed by atoms with Crippen LogP contribution >= 0.6 is 0 Å². The van der Waals surface area contributed by atoms with Crippen LogP contribution in [0.4, 0.5) is 0 Å². The summed E-state index contributed by atoms with van der Waals surface area (Å²) in [5, 5.41) is 9.81. The van der Waals surface area contributed by atoms with Crippen molar-refractivity contribution in [1.82, 2.24) is 9.80 Å². The van der Waals surface area contributed by atoms with Gasteiger partial charge < -0.3 is 14.7 Å². The van der Waals surface area contributed by atoms with Gasteiger partial charge in [-0.2, -0.15) is 0 Å². The van der Waals surface area contributed by atoms with Crippen LogP contribution < -0.4 is 0 Å². The second-order valence-corrected chi connectivity index (χ2v) is 6.30. The molecule has 1 amide bonds. The van der Waals surface area contributed by atoms with Crippen LogP contribution in [0.25, 0.3) is 0 Å². The zero-order chi connectivity index (χ0) is 13.9. The molecule has 2 heterocycles. The SMILES string of the molecule is CC(C)(O)CN1CCN(C(=O)C2CCOCC2)CC1. The summed E-state index contributed by atoms with van der Waals surface area (Å²) in [7, 11) is 0. The molecule has 5 heteroatoms. The highest BCUT2D eigenvalue weighted by atomic mass is 16.5. The number of hydrogen-bond donors (Lipinski definition) is 1. The Hall–Kier alpha value is -0.650. The lowest BCUT2D eigenvalue weighted by Gasteiger charge is -2.39. The van der Waals surface area contributed by atoms with Crippen molar-refractivity contribution >= 4 is 5.91 Å². The summed E-state index contributed by atoms with van der Waals surface area (Å²) in [6.07, 6.45) is 1.73. The molecule has 0 aromatic carbocycles. The number of rotatable bonds is 3. The van der Waals surface area contributed by atoms with E-state index in [1.54, 1.807) is 0 Å². The van der Waals surface area contributed by atoms with Crippen molar-refractivity contribution in [2.24, 2.45) is 5.92 Å². The maximum Gasteiger partial charge on any atom is 0.225 e. The third-order valence-electron chi connectivity index (χ3n) is 3.87. The van der Waals surface area contributed by atoms with E-state index in [1.807, 2.05) is 18.7 Å². The van der Waals surface area contributed by atoms with Gasteiger partial charge in [-0.15, -0.1) is 0 Å². The summed E-state index contributed by atoms with van der Waals surface area (Å²) < 4.78 is 5.30. The van der Waals surface area contributed by atoms with Crippen LogP contribution in [0.1, 0.15) is 26.7 Å². The van der Waals surface area contributed by atoms with Crippen molar-refractivity contribution in [2.45, 2.75) is 32.3 Å². The van der Waals surface area contributed by atoms with Gasteiger partial charge in [0.1, 0.15) is 0 Å². The van der Waals surface area contributed by atoms with Gasteiger partial charge in [0.15, 0.2) is 0 Å². The fourth-order valence-corrected chi connectivity index (χ4v) is 2.88. The van der Waals surface area contributed by atoms with Gasteiger partial charge in [-0.3, -0.25) is 9.69 Å². The van der Waals surface area contributed by atoms with Crippen LogP contribution in [0.2, 0.25) is 0 Å².